The molecule has 0 aromatic carbocycles. The molecular formula is C15H26N2O3S. The fourth-order valence-electron chi connectivity index (χ4n) is 2.99. The van der Waals surface area contributed by atoms with Crippen molar-refractivity contribution in [3.8, 4) is 0 Å². The molecule has 0 aliphatic heterocycles. The summed E-state index contributed by atoms with van der Waals surface area (Å²) in [5.41, 5.74) is 0.933. The molecule has 0 radical (unpaired) electrons. The standard InChI is InChI=1S/C15H26N2O3S/c1-5-6-7-13-10-12(16-20-13)8-11-9-14(15(11,2)3)17-21(4,18)19/h10-11,14,17H,5-9H2,1-4H3/t11-,14+/m1/s1. The van der Waals surface area contributed by atoms with Crippen molar-refractivity contribution in [3.63, 3.8) is 0 Å². The van der Waals surface area contributed by atoms with Gasteiger partial charge in [-0.2, -0.15) is 0 Å². The fourth-order valence-corrected chi connectivity index (χ4v) is 3.91. The summed E-state index contributed by atoms with van der Waals surface area (Å²) in [5.74, 6) is 1.38. The van der Waals surface area contributed by atoms with E-state index in [0.717, 1.165) is 43.6 Å². The van der Waals surface area contributed by atoms with Gasteiger partial charge in [-0.25, -0.2) is 13.1 Å². The summed E-state index contributed by atoms with van der Waals surface area (Å²) in [6.07, 6.45) is 6.13. The molecule has 1 aliphatic carbocycles. The lowest BCUT2D eigenvalue weighted by Gasteiger charge is -2.52. The highest BCUT2D eigenvalue weighted by molar-refractivity contribution is 7.88. The van der Waals surface area contributed by atoms with Gasteiger partial charge >= 0.3 is 0 Å². The fraction of sp³-hybridized carbons (Fsp3) is 0.800. The third-order valence-corrected chi connectivity index (χ3v) is 5.38. The van der Waals surface area contributed by atoms with E-state index in [1.807, 2.05) is 6.07 Å². The second-order valence-electron chi connectivity index (χ2n) is 6.79. The van der Waals surface area contributed by atoms with Crippen molar-refractivity contribution in [3.05, 3.63) is 17.5 Å². The number of nitrogens with zero attached hydrogens (tertiary/aromatic N) is 1. The molecule has 1 aliphatic rings. The van der Waals surface area contributed by atoms with Crippen LogP contribution in [-0.4, -0.2) is 25.9 Å². The predicted molar refractivity (Wildman–Crippen MR) is 82.5 cm³/mol. The van der Waals surface area contributed by atoms with Gasteiger partial charge in [0.1, 0.15) is 5.76 Å². The number of rotatable bonds is 7. The van der Waals surface area contributed by atoms with Gasteiger partial charge in [0.25, 0.3) is 0 Å². The first-order valence-corrected chi connectivity index (χ1v) is 9.53. The van der Waals surface area contributed by atoms with E-state index >= 15 is 0 Å². The van der Waals surface area contributed by atoms with E-state index in [2.05, 4.69) is 30.6 Å². The molecule has 2 atom stereocenters. The van der Waals surface area contributed by atoms with Crippen molar-refractivity contribution in [2.45, 2.75) is 58.9 Å². The maximum absolute atomic E-state index is 11.4. The molecule has 0 saturated heterocycles. The van der Waals surface area contributed by atoms with Crippen LogP contribution in [0.2, 0.25) is 0 Å². The lowest BCUT2D eigenvalue weighted by Crippen LogP contribution is -2.58. The quantitative estimate of drug-likeness (QED) is 0.839. The summed E-state index contributed by atoms with van der Waals surface area (Å²) in [7, 11) is -3.14. The van der Waals surface area contributed by atoms with Crippen LogP contribution >= 0.6 is 0 Å². The first-order chi connectivity index (χ1) is 9.72. The van der Waals surface area contributed by atoms with Gasteiger partial charge < -0.3 is 4.52 Å². The highest BCUT2D eigenvalue weighted by Crippen LogP contribution is 2.48. The van der Waals surface area contributed by atoms with Gasteiger partial charge in [-0.1, -0.05) is 32.3 Å². The van der Waals surface area contributed by atoms with Crippen LogP contribution in [0, 0.1) is 11.3 Å². The lowest BCUT2D eigenvalue weighted by atomic mass is 9.57. The largest absolute Gasteiger partial charge is 0.361 e. The molecular weight excluding hydrogens is 288 g/mol. The number of nitrogens with one attached hydrogen (secondary N) is 1. The number of unbranched alkanes of at least 4 members (excludes halogenated alkanes) is 1. The molecule has 6 heteroatoms. The van der Waals surface area contributed by atoms with E-state index in [9.17, 15) is 8.42 Å². The molecule has 0 unspecified atom stereocenters. The van der Waals surface area contributed by atoms with Gasteiger partial charge in [-0.15, -0.1) is 0 Å². The topological polar surface area (TPSA) is 72.2 Å². The molecule has 1 aromatic rings. The zero-order valence-electron chi connectivity index (χ0n) is 13.3. The van der Waals surface area contributed by atoms with Crippen LogP contribution in [0.4, 0.5) is 0 Å². The van der Waals surface area contributed by atoms with E-state index < -0.39 is 10.0 Å². The molecule has 5 nitrogen and oxygen atoms in total. The summed E-state index contributed by atoms with van der Waals surface area (Å²) in [5, 5.41) is 4.14. The summed E-state index contributed by atoms with van der Waals surface area (Å²) >= 11 is 0. The molecule has 120 valence electrons. The Bertz CT molecular complexity index is 577. The molecule has 21 heavy (non-hydrogen) atoms. The summed E-state index contributed by atoms with van der Waals surface area (Å²) in [4.78, 5) is 0. The van der Waals surface area contributed by atoms with Crippen LogP contribution < -0.4 is 4.72 Å². The monoisotopic (exact) mass is 314 g/mol. The number of sulfonamides is 1. The van der Waals surface area contributed by atoms with Gasteiger partial charge in [-0.05, 0) is 30.6 Å². The Morgan fingerprint density at radius 3 is 2.76 bits per heavy atom. The predicted octanol–water partition coefficient (Wildman–Crippen LogP) is 2.52. The Balaban J connectivity index is 1.91. The van der Waals surface area contributed by atoms with Crippen LogP contribution in [0.3, 0.4) is 0 Å². The van der Waals surface area contributed by atoms with Crippen molar-refractivity contribution in [1.82, 2.24) is 9.88 Å². The van der Waals surface area contributed by atoms with Gasteiger partial charge in [0.2, 0.25) is 10.0 Å². The first kappa shape index (κ1) is 16.5. The maximum atomic E-state index is 11.4. The Morgan fingerprint density at radius 1 is 1.48 bits per heavy atom. The number of aromatic nitrogens is 1. The highest BCUT2D eigenvalue weighted by atomic mass is 32.2. The number of hydrogen-bond acceptors (Lipinski definition) is 4. The highest BCUT2D eigenvalue weighted by Gasteiger charge is 2.49. The van der Waals surface area contributed by atoms with E-state index in [0.29, 0.717) is 5.92 Å². The minimum atomic E-state index is -3.14. The van der Waals surface area contributed by atoms with Crippen LogP contribution in [-0.2, 0) is 22.9 Å². The van der Waals surface area contributed by atoms with Gasteiger partial charge in [-0.3, -0.25) is 0 Å². The van der Waals surface area contributed by atoms with Crippen molar-refractivity contribution in [2.24, 2.45) is 11.3 Å². The summed E-state index contributed by atoms with van der Waals surface area (Å²) in [6, 6.07) is 2.06. The first-order valence-electron chi connectivity index (χ1n) is 7.64. The molecule has 0 spiro atoms. The Labute approximate surface area is 127 Å². The van der Waals surface area contributed by atoms with Gasteiger partial charge in [0.15, 0.2) is 0 Å². The van der Waals surface area contributed by atoms with Crippen LogP contribution in [0.1, 0.15) is 51.5 Å². The molecule has 0 amide bonds. The van der Waals surface area contributed by atoms with Crippen LogP contribution in [0.5, 0.6) is 0 Å². The number of hydrogen-bond donors (Lipinski definition) is 1. The maximum Gasteiger partial charge on any atom is 0.208 e. The number of aryl methyl sites for hydroxylation is 1. The minimum Gasteiger partial charge on any atom is -0.361 e. The SMILES string of the molecule is CCCCc1cc(C[C@@H]2C[C@H](NS(C)(=O)=O)C2(C)C)no1. The van der Waals surface area contributed by atoms with E-state index in [-0.39, 0.29) is 11.5 Å². The summed E-state index contributed by atoms with van der Waals surface area (Å²) < 4.78 is 30.8. The molecule has 0 bridgehead atoms. The third kappa shape index (κ3) is 4.07. The van der Waals surface area contributed by atoms with Crippen molar-refractivity contribution >= 4 is 10.0 Å². The minimum absolute atomic E-state index is 0.0176. The van der Waals surface area contributed by atoms with Crippen molar-refractivity contribution < 1.29 is 12.9 Å². The second kappa shape index (κ2) is 6.08. The van der Waals surface area contributed by atoms with Crippen molar-refractivity contribution in [1.29, 1.82) is 0 Å². The molecule has 1 heterocycles. The third-order valence-electron chi connectivity index (χ3n) is 4.67. The molecule has 2 rings (SSSR count). The van der Waals surface area contributed by atoms with Gasteiger partial charge in [0, 0.05) is 18.5 Å². The van der Waals surface area contributed by atoms with Crippen LogP contribution in [0.25, 0.3) is 0 Å². The molecule has 1 aromatic heterocycles. The lowest BCUT2D eigenvalue weighted by molar-refractivity contribution is 0.0271. The Morgan fingerprint density at radius 2 is 2.19 bits per heavy atom. The second-order valence-corrected chi connectivity index (χ2v) is 8.57. The van der Waals surface area contributed by atoms with E-state index in [1.54, 1.807) is 0 Å². The average Bonchev–Trinajstić information content (AvgIpc) is 2.81. The Hall–Kier alpha value is -0.880. The van der Waals surface area contributed by atoms with Gasteiger partial charge in [0.05, 0.1) is 11.9 Å². The van der Waals surface area contributed by atoms with E-state index in [1.165, 1.54) is 6.26 Å². The van der Waals surface area contributed by atoms with Crippen LogP contribution in [0.15, 0.2) is 10.6 Å². The zero-order chi connectivity index (χ0) is 15.7. The zero-order valence-corrected chi connectivity index (χ0v) is 14.2. The van der Waals surface area contributed by atoms with Crippen molar-refractivity contribution in [2.75, 3.05) is 6.26 Å². The molecule has 1 saturated carbocycles. The smallest absolute Gasteiger partial charge is 0.208 e. The average molecular weight is 314 g/mol. The molecule has 1 N–H and O–H groups in total. The Kier molecular flexibility index (Phi) is 4.78. The normalized spacial score (nSPS) is 24.8. The van der Waals surface area contributed by atoms with E-state index in [4.69, 9.17) is 4.52 Å². The molecule has 1 fully saturated rings. The summed E-state index contributed by atoms with van der Waals surface area (Å²) in [6.45, 7) is 6.38.